The highest BCUT2D eigenvalue weighted by atomic mass is 35.5. The summed E-state index contributed by atoms with van der Waals surface area (Å²) in [5, 5.41) is 58.9. The van der Waals surface area contributed by atoms with Gasteiger partial charge in [0.1, 0.15) is 29.5 Å². The molecule has 16 nitrogen and oxygen atoms in total. The van der Waals surface area contributed by atoms with Crippen LogP contribution >= 0.6 is 12.4 Å². The van der Waals surface area contributed by atoms with Crippen LogP contribution in [0.1, 0.15) is 121 Å². The molecule has 308 valence electrons. The molecule has 2 aromatic rings. The Morgan fingerprint density at radius 2 is 1.61 bits per heavy atom. The summed E-state index contributed by atoms with van der Waals surface area (Å²) in [5.41, 5.74) is -3.74. The van der Waals surface area contributed by atoms with E-state index in [9.17, 15) is 49.5 Å². The molecular weight excluding hydrogens is 758 g/mol. The Bertz CT molecular complexity index is 1800. The van der Waals surface area contributed by atoms with Crippen molar-refractivity contribution in [2.24, 2.45) is 0 Å². The molecule has 1 aliphatic heterocycles. The van der Waals surface area contributed by atoms with Crippen LogP contribution in [0.4, 0.5) is 0 Å². The molecule has 0 bridgehead atoms. The smallest absolute Gasteiger partial charge is 0.305 e. The predicted molar refractivity (Wildman–Crippen MR) is 198 cm³/mol. The van der Waals surface area contributed by atoms with Gasteiger partial charge in [-0.1, -0.05) is 31.4 Å². The molecule has 56 heavy (non-hydrogen) atoms. The molecule has 1 fully saturated rings. The molecule has 3 aliphatic rings. The maximum Gasteiger partial charge on any atom is 0.305 e. The molecule has 1 saturated heterocycles. The van der Waals surface area contributed by atoms with Crippen LogP contribution in [0.25, 0.3) is 0 Å². The van der Waals surface area contributed by atoms with Gasteiger partial charge in [0.25, 0.3) is 0 Å². The van der Waals surface area contributed by atoms with E-state index in [0.717, 1.165) is 25.7 Å². The number of aliphatic hydroxyl groups is 3. The number of carbonyl (C=O) groups is 5. The van der Waals surface area contributed by atoms with Crippen molar-refractivity contribution in [3.8, 4) is 17.2 Å². The topological polar surface area (TPSA) is 245 Å². The number of ketones is 3. The normalized spacial score (nSPS) is 24.0. The summed E-state index contributed by atoms with van der Waals surface area (Å²) in [6.45, 7) is 3.62. The zero-order valence-electron chi connectivity index (χ0n) is 31.7. The van der Waals surface area contributed by atoms with E-state index in [1.165, 1.54) is 39.2 Å². The Morgan fingerprint density at radius 3 is 2.25 bits per heavy atom. The molecule has 6 N–H and O–H groups in total. The van der Waals surface area contributed by atoms with E-state index in [0.29, 0.717) is 19.4 Å². The van der Waals surface area contributed by atoms with Gasteiger partial charge in [0.05, 0.1) is 42.1 Å². The number of hydrogen-bond donors (Lipinski definition) is 6. The number of methoxy groups -OCH3 is 1. The highest BCUT2D eigenvalue weighted by Gasteiger charge is 2.50. The van der Waals surface area contributed by atoms with Gasteiger partial charge in [0, 0.05) is 62.3 Å². The first-order chi connectivity index (χ1) is 26.1. The highest BCUT2D eigenvalue weighted by molar-refractivity contribution is 6.31. The molecule has 0 spiro atoms. The lowest BCUT2D eigenvalue weighted by atomic mass is 9.72. The zero-order valence-corrected chi connectivity index (χ0v) is 32.5. The third-order valence-corrected chi connectivity index (χ3v) is 10.4. The lowest BCUT2D eigenvalue weighted by Crippen LogP contribution is -2.54. The lowest BCUT2D eigenvalue weighted by Gasteiger charge is -2.43. The van der Waals surface area contributed by atoms with Gasteiger partial charge in [-0.3, -0.25) is 24.0 Å². The van der Waals surface area contributed by atoms with Crippen molar-refractivity contribution in [1.82, 2.24) is 5.32 Å². The van der Waals surface area contributed by atoms with Gasteiger partial charge in [-0.15, -0.1) is 12.4 Å². The molecule has 5 rings (SSSR count). The van der Waals surface area contributed by atoms with E-state index in [1.807, 2.05) is 0 Å². The van der Waals surface area contributed by atoms with Gasteiger partial charge < -0.3 is 54.5 Å². The standard InChI is InChI=1S/C39H49NO15.ClH/c1-19-34(45)24(40-14-9-7-5-6-8-13-28(53-20(2)42)54-21(3)43)15-29(52-19)55-26-17-39(50,27(44)18-41)16-23-31(26)38(49)33-32(36(23)47)35(46)22-11-10-12-25(51-4)30(22)37(33)48;/h10-12,19,24,26,28-29,34,40-41,45,47,49-50H,5-9,13-18H2,1-4H3;1H/t19?,24?,26-,29?,34?,39-;/m0./s1. The van der Waals surface area contributed by atoms with Crippen LogP contribution < -0.4 is 10.1 Å². The molecule has 1 heterocycles. The minimum atomic E-state index is -2.29. The molecule has 4 unspecified atom stereocenters. The number of phenolic OH excluding ortho intramolecular Hbond substituents is 2. The van der Waals surface area contributed by atoms with Crippen molar-refractivity contribution in [2.75, 3.05) is 20.3 Å². The molecule has 6 atom stereocenters. The molecule has 2 aromatic carbocycles. The minimum Gasteiger partial charge on any atom is -0.507 e. The zero-order chi connectivity index (χ0) is 40.2. The van der Waals surface area contributed by atoms with Crippen molar-refractivity contribution in [3.05, 3.63) is 51.6 Å². The fraction of sp³-hybridized carbons (Fsp3) is 0.564. The Morgan fingerprint density at radius 1 is 0.964 bits per heavy atom. The Balaban J connectivity index is 0.00000696. The molecule has 17 heteroatoms. The number of aromatic hydroxyl groups is 2. The van der Waals surface area contributed by atoms with Crippen molar-refractivity contribution < 1.29 is 73.2 Å². The van der Waals surface area contributed by atoms with Crippen LogP contribution in [-0.4, -0.2) is 112 Å². The number of benzene rings is 2. The van der Waals surface area contributed by atoms with Crippen molar-refractivity contribution in [3.63, 3.8) is 0 Å². The first-order valence-corrected chi connectivity index (χ1v) is 18.4. The quantitative estimate of drug-likeness (QED) is 0.0527. The van der Waals surface area contributed by atoms with Gasteiger partial charge >= 0.3 is 11.9 Å². The number of unbranched alkanes of at least 4 members (excludes halogenated alkanes) is 4. The number of Topliss-reactive ketones (excluding diaryl/α,β-unsaturated/α-hetero) is 1. The molecule has 2 aliphatic carbocycles. The number of fused-ring (bicyclic) bond motifs is 3. The predicted octanol–water partition coefficient (Wildman–Crippen LogP) is 2.85. The molecule has 0 aromatic heterocycles. The third kappa shape index (κ3) is 9.34. The van der Waals surface area contributed by atoms with E-state index in [1.54, 1.807) is 6.92 Å². The van der Waals surface area contributed by atoms with Crippen LogP contribution in [0.5, 0.6) is 17.2 Å². The Labute approximate surface area is 329 Å². The fourth-order valence-corrected chi connectivity index (χ4v) is 7.68. The number of ether oxygens (including phenoxy) is 5. The van der Waals surface area contributed by atoms with Crippen LogP contribution in [0.15, 0.2) is 18.2 Å². The first kappa shape index (κ1) is 44.6. The van der Waals surface area contributed by atoms with E-state index in [2.05, 4.69) is 5.32 Å². The molecule has 0 radical (unpaired) electrons. The molecular formula is C39H50ClNO15. The Kier molecular flexibility index (Phi) is 15.0. The van der Waals surface area contributed by atoms with Gasteiger partial charge in [0.2, 0.25) is 12.1 Å². The second-order valence-electron chi connectivity index (χ2n) is 14.3. The summed E-state index contributed by atoms with van der Waals surface area (Å²) in [4.78, 5) is 63.1. The van der Waals surface area contributed by atoms with Crippen molar-refractivity contribution in [1.29, 1.82) is 0 Å². The second kappa shape index (κ2) is 18.9. The van der Waals surface area contributed by atoms with Crippen LogP contribution in [-0.2, 0) is 39.8 Å². The number of hydrogen-bond acceptors (Lipinski definition) is 16. The van der Waals surface area contributed by atoms with Crippen LogP contribution in [0.2, 0.25) is 0 Å². The number of nitrogens with one attached hydrogen (secondary N) is 1. The van der Waals surface area contributed by atoms with E-state index >= 15 is 0 Å². The fourth-order valence-electron chi connectivity index (χ4n) is 7.68. The SMILES string of the molecule is COc1cccc2c1C(=O)c1c(O)c3c(c(O)c1C2=O)C[C@@](O)(C(=O)CO)C[C@@H]3OC1CC(NCCCCCCCC(OC(C)=O)OC(C)=O)C(O)C(C)O1.Cl. The van der Waals surface area contributed by atoms with Gasteiger partial charge in [-0.05, 0) is 32.4 Å². The number of rotatable bonds is 16. The number of halogens is 1. The number of phenols is 2. The average molecular weight is 808 g/mol. The summed E-state index contributed by atoms with van der Waals surface area (Å²) in [7, 11) is 1.32. The summed E-state index contributed by atoms with van der Waals surface area (Å²) < 4.78 is 27.7. The number of esters is 2. The van der Waals surface area contributed by atoms with E-state index in [-0.39, 0.29) is 46.8 Å². The lowest BCUT2D eigenvalue weighted by molar-refractivity contribution is -0.249. The third-order valence-electron chi connectivity index (χ3n) is 10.4. The summed E-state index contributed by atoms with van der Waals surface area (Å²) in [5.74, 6) is -4.92. The van der Waals surface area contributed by atoms with Crippen LogP contribution in [0.3, 0.4) is 0 Å². The van der Waals surface area contributed by atoms with Gasteiger partial charge in [-0.2, -0.15) is 0 Å². The van der Waals surface area contributed by atoms with Gasteiger partial charge in [-0.25, -0.2) is 0 Å². The molecule has 0 amide bonds. The summed E-state index contributed by atoms with van der Waals surface area (Å²) in [6, 6.07) is 3.85. The Hall–Kier alpha value is -4.16. The molecule has 0 saturated carbocycles. The number of carbonyl (C=O) groups excluding carboxylic acids is 5. The highest BCUT2D eigenvalue weighted by Crippen LogP contribution is 2.52. The van der Waals surface area contributed by atoms with Crippen molar-refractivity contribution in [2.45, 2.75) is 121 Å². The maximum absolute atomic E-state index is 13.9. The first-order valence-electron chi connectivity index (χ1n) is 18.4. The summed E-state index contributed by atoms with van der Waals surface area (Å²) >= 11 is 0. The second-order valence-corrected chi connectivity index (χ2v) is 14.3. The van der Waals surface area contributed by atoms with E-state index < -0.39 is 114 Å². The maximum atomic E-state index is 13.9. The van der Waals surface area contributed by atoms with E-state index in [4.69, 9.17) is 23.7 Å². The van der Waals surface area contributed by atoms with Crippen LogP contribution in [0, 0.1) is 0 Å². The van der Waals surface area contributed by atoms with Crippen molar-refractivity contribution >= 4 is 41.7 Å². The summed E-state index contributed by atoms with van der Waals surface area (Å²) in [6.07, 6.45) is -1.70. The largest absolute Gasteiger partial charge is 0.507 e. The van der Waals surface area contributed by atoms with Gasteiger partial charge in [0.15, 0.2) is 17.9 Å². The number of aliphatic hydroxyl groups excluding tert-OH is 2. The average Bonchev–Trinajstić information content (AvgIpc) is 3.13. The minimum absolute atomic E-state index is 0. The monoisotopic (exact) mass is 807 g/mol.